The van der Waals surface area contributed by atoms with Crippen LogP contribution in [0.3, 0.4) is 0 Å². The average molecular weight is 249 g/mol. The predicted molar refractivity (Wildman–Crippen MR) is 69.6 cm³/mol. The van der Waals surface area contributed by atoms with Crippen LogP contribution in [0.4, 0.5) is 0 Å². The number of aromatic nitrogens is 1. The second-order valence-corrected chi connectivity index (χ2v) is 5.50. The van der Waals surface area contributed by atoms with Crippen molar-refractivity contribution in [3.8, 4) is 0 Å². The van der Waals surface area contributed by atoms with Crippen LogP contribution in [0.5, 0.6) is 0 Å². The number of rotatable bonds is 3. The van der Waals surface area contributed by atoms with Gasteiger partial charge in [-0.3, -0.25) is 4.79 Å². The van der Waals surface area contributed by atoms with Gasteiger partial charge in [-0.1, -0.05) is 19.9 Å². The summed E-state index contributed by atoms with van der Waals surface area (Å²) in [6.07, 6.45) is 0. The van der Waals surface area contributed by atoms with Crippen LogP contribution in [0.1, 0.15) is 30.3 Å². The van der Waals surface area contributed by atoms with E-state index in [0.29, 0.717) is 0 Å². The maximum atomic E-state index is 11.0. The number of hydrogen-bond acceptors (Lipinski definition) is 3. The van der Waals surface area contributed by atoms with Crippen LogP contribution in [-0.4, -0.2) is 16.1 Å². The van der Waals surface area contributed by atoms with Gasteiger partial charge in [0.1, 0.15) is 0 Å². The predicted octanol–water partition coefficient (Wildman–Crippen LogP) is 3.43. The lowest BCUT2D eigenvalue weighted by molar-refractivity contribution is -0.141. The van der Waals surface area contributed by atoms with E-state index in [4.69, 9.17) is 5.11 Å². The van der Waals surface area contributed by atoms with E-state index < -0.39 is 11.9 Å². The molecule has 2 aromatic rings. The standard InChI is InChI=1S/C13H15NO2S/c1-7-4-5-10-11(6-7)17-12(14-10)8(2)9(3)13(15)16/h4-6,8-9H,1-3H3,(H,15,16). The molecular weight excluding hydrogens is 234 g/mol. The number of carboxylic acids is 1. The topological polar surface area (TPSA) is 50.2 Å². The van der Waals surface area contributed by atoms with Crippen molar-refractivity contribution in [2.45, 2.75) is 26.7 Å². The van der Waals surface area contributed by atoms with Crippen molar-refractivity contribution >= 4 is 27.5 Å². The van der Waals surface area contributed by atoms with Crippen molar-refractivity contribution in [3.63, 3.8) is 0 Å². The Morgan fingerprint density at radius 3 is 2.76 bits per heavy atom. The summed E-state index contributed by atoms with van der Waals surface area (Å²) in [5.41, 5.74) is 2.16. The quantitative estimate of drug-likeness (QED) is 0.906. The van der Waals surface area contributed by atoms with Crippen LogP contribution < -0.4 is 0 Å². The zero-order valence-corrected chi connectivity index (χ0v) is 10.9. The van der Waals surface area contributed by atoms with E-state index in [2.05, 4.69) is 11.1 Å². The molecule has 4 heteroatoms. The minimum absolute atomic E-state index is 0.0507. The first kappa shape index (κ1) is 12.0. The lowest BCUT2D eigenvalue weighted by Crippen LogP contribution is -2.16. The van der Waals surface area contributed by atoms with Gasteiger partial charge in [0.2, 0.25) is 0 Å². The number of aliphatic carboxylic acids is 1. The highest BCUT2D eigenvalue weighted by Gasteiger charge is 2.23. The number of carbonyl (C=O) groups is 1. The normalized spacial score (nSPS) is 14.8. The first-order valence-corrected chi connectivity index (χ1v) is 6.40. The molecule has 1 aromatic carbocycles. The lowest BCUT2D eigenvalue weighted by atomic mass is 9.97. The molecule has 0 bridgehead atoms. The summed E-state index contributed by atoms with van der Waals surface area (Å²) in [6.45, 7) is 5.69. The summed E-state index contributed by atoms with van der Waals surface area (Å²) in [6, 6.07) is 6.11. The molecule has 0 fully saturated rings. The second-order valence-electron chi connectivity index (χ2n) is 4.44. The second kappa shape index (κ2) is 4.45. The zero-order chi connectivity index (χ0) is 12.6. The summed E-state index contributed by atoms with van der Waals surface area (Å²) in [4.78, 5) is 15.5. The molecule has 0 radical (unpaired) electrons. The minimum Gasteiger partial charge on any atom is -0.481 e. The Hall–Kier alpha value is -1.42. The average Bonchev–Trinajstić information content (AvgIpc) is 2.69. The van der Waals surface area contributed by atoms with Crippen molar-refractivity contribution < 1.29 is 9.90 Å². The number of thiazole rings is 1. The minimum atomic E-state index is -0.770. The molecule has 0 aliphatic carbocycles. The van der Waals surface area contributed by atoms with Gasteiger partial charge in [0.25, 0.3) is 0 Å². The molecule has 0 saturated carbocycles. The van der Waals surface area contributed by atoms with Crippen LogP contribution in [0.25, 0.3) is 10.2 Å². The van der Waals surface area contributed by atoms with Gasteiger partial charge < -0.3 is 5.11 Å². The first-order valence-electron chi connectivity index (χ1n) is 5.59. The van der Waals surface area contributed by atoms with Gasteiger partial charge in [-0.2, -0.15) is 0 Å². The Balaban J connectivity index is 2.39. The number of hydrogen-bond donors (Lipinski definition) is 1. The molecule has 1 aromatic heterocycles. The van der Waals surface area contributed by atoms with E-state index in [0.717, 1.165) is 15.2 Å². The van der Waals surface area contributed by atoms with Crippen LogP contribution >= 0.6 is 11.3 Å². The molecule has 90 valence electrons. The Morgan fingerprint density at radius 1 is 1.41 bits per heavy atom. The summed E-state index contributed by atoms with van der Waals surface area (Å²) in [5, 5.41) is 9.91. The van der Waals surface area contributed by atoms with Gasteiger partial charge in [0.05, 0.1) is 21.1 Å². The highest BCUT2D eigenvalue weighted by atomic mass is 32.1. The molecule has 0 amide bonds. The van der Waals surface area contributed by atoms with Crippen LogP contribution in [-0.2, 0) is 4.79 Å². The maximum absolute atomic E-state index is 11.0. The number of aryl methyl sites for hydroxylation is 1. The van der Waals surface area contributed by atoms with Gasteiger partial charge in [-0.25, -0.2) is 4.98 Å². The van der Waals surface area contributed by atoms with Gasteiger partial charge in [-0.15, -0.1) is 11.3 Å². The third kappa shape index (κ3) is 2.31. The number of carboxylic acid groups (broad SMARTS) is 1. The molecule has 1 heterocycles. The summed E-state index contributed by atoms with van der Waals surface area (Å²) >= 11 is 1.59. The molecule has 0 saturated heterocycles. The highest BCUT2D eigenvalue weighted by molar-refractivity contribution is 7.18. The molecule has 2 rings (SSSR count). The van der Waals surface area contributed by atoms with E-state index in [-0.39, 0.29) is 5.92 Å². The smallest absolute Gasteiger partial charge is 0.306 e. The third-order valence-electron chi connectivity index (χ3n) is 3.09. The van der Waals surface area contributed by atoms with Gasteiger partial charge in [0, 0.05) is 5.92 Å². The Labute approximate surface area is 104 Å². The first-order chi connectivity index (χ1) is 7.99. The van der Waals surface area contributed by atoms with E-state index in [1.807, 2.05) is 26.0 Å². The zero-order valence-electron chi connectivity index (χ0n) is 10.1. The molecule has 0 aliphatic rings. The Bertz CT molecular complexity index is 562. The van der Waals surface area contributed by atoms with Crippen molar-refractivity contribution in [1.82, 2.24) is 4.98 Å². The molecule has 0 spiro atoms. The van der Waals surface area contributed by atoms with Crippen LogP contribution in [0.15, 0.2) is 18.2 Å². The highest BCUT2D eigenvalue weighted by Crippen LogP contribution is 2.32. The maximum Gasteiger partial charge on any atom is 0.306 e. The van der Waals surface area contributed by atoms with Crippen molar-refractivity contribution in [3.05, 3.63) is 28.8 Å². The lowest BCUT2D eigenvalue weighted by Gasteiger charge is -2.12. The number of fused-ring (bicyclic) bond motifs is 1. The fourth-order valence-electron chi connectivity index (χ4n) is 1.67. The summed E-state index contributed by atoms with van der Waals surface area (Å²) in [7, 11) is 0. The van der Waals surface area contributed by atoms with E-state index in [1.165, 1.54) is 5.56 Å². The van der Waals surface area contributed by atoms with E-state index in [1.54, 1.807) is 18.3 Å². The number of benzene rings is 1. The fraction of sp³-hybridized carbons (Fsp3) is 0.385. The molecule has 3 nitrogen and oxygen atoms in total. The van der Waals surface area contributed by atoms with E-state index in [9.17, 15) is 4.79 Å². The molecule has 2 unspecified atom stereocenters. The van der Waals surface area contributed by atoms with Crippen LogP contribution in [0.2, 0.25) is 0 Å². The van der Waals surface area contributed by atoms with Crippen molar-refractivity contribution in [2.75, 3.05) is 0 Å². The Kier molecular flexibility index (Phi) is 3.15. The van der Waals surface area contributed by atoms with Crippen molar-refractivity contribution in [1.29, 1.82) is 0 Å². The molecule has 2 atom stereocenters. The monoisotopic (exact) mass is 249 g/mol. The van der Waals surface area contributed by atoms with Gasteiger partial charge >= 0.3 is 5.97 Å². The number of nitrogens with zero attached hydrogens (tertiary/aromatic N) is 1. The van der Waals surface area contributed by atoms with Gasteiger partial charge in [-0.05, 0) is 24.6 Å². The SMILES string of the molecule is Cc1ccc2nc(C(C)C(C)C(=O)O)sc2c1. The van der Waals surface area contributed by atoms with Crippen LogP contribution in [0, 0.1) is 12.8 Å². The molecular formula is C13H15NO2S. The summed E-state index contributed by atoms with van der Waals surface area (Å²) in [5.74, 6) is -1.23. The van der Waals surface area contributed by atoms with Crippen molar-refractivity contribution in [2.24, 2.45) is 5.92 Å². The molecule has 0 aliphatic heterocycles. The Morgan fingerprint density at radius 2 is 2.12 bits per heavy atom. The molecule has 17 heavy (non-hydrogen) atoms. The summed E-state index contributed by atoms with van der Waals surface area (Å²) < 4.78 is 1.13. The fourth-order valence-corrected chi connectivity index (χ4v) is 2.89. The molecule has 1 N–H and O–H groups in total. The third-order valence-corrected chi connectivity index (χ3v) is 4.31. The van der Waals surface area contributed by atoms with E-state index >= 15 is 0 Å². The van der Waals surface area contributed by atoms with Gasteiger partial charge in [0.15, 0.2) is 0 Å². The largest absolute Gasteiger partial charge is 0.481 e.